The second-order valence-electron chi connectivity index (χ2n) is 9.73. The fourth-order valence-electron chi connectivity index (χ4n) is 4.80. The minimum absolute atomic E-state index is 0.0300. The van der Waals surface area contributed by atoms with Crippen LogP contribution in [0.1, 0.15) is 33.5 Å². The molecule has 38 heavy (non-hydrogen) atoms. The van der Waals surface area contributed by atoms with E-state index in [1.165, 1.54) is 11.3 Å². The van der Waals surface area contributed by atoms with Crippen molar-refractivity contribution in [2.75, 3.05) is 57.1 Å². The molecule has 3 N–H and O–H groups in total. The van der Waals surface area contributed by atoms with Crippen LogP contribution in [-0.4, -0.2) is 67.6 Å². The lowest BCUT2D eigenvalue weighted by Gasteiger charge is -2.28. The van der Waals surface area contributed by atoms with Crippen molar-refractivity contribution in [2.45, 2.75) is 25.8 Å². The molecule has 0 unspecified atom stereocenters. The average Bonchev–Trinajstić information content (AvgIpc) is 3.57. The second-order valence-corrected chi connectivity index (χ2v) is 10.5. The fraction of sp³-hybridized carbons (Fsp3) is 0.379. The normalized spacial score (nSPS) is 15.1. The molecule has 1 aromatic heterocycles. The Labute approximate surface area is 227 Å². The molecule has 0 atom stereocenters. The van der Waals surface area contributed by atoms with E-state index in [4.69, 9.17) is 15.2 Å². The number of fused-ring (bicyclic) bond motifs is 1. The first-order valence-electron chi connectivity index (χ1n) is 13.1. The minimum Gasteiger partial charge on any atom is -0.493 e. The van der Waals surface area contributed by atoms with Gasteiger partial charge in [-0.15, -0.1) is 11.3 Å². The number of nitrogens with zero attached hydrogens (tertiary/aromatic N) is 2. The first-order chi connectivity index (χ1) is 18.5. The minimum atomic E-state index is -0.140. The number of thiophene rings is 1. The number of rotatable bonds is 10. The molecule has 2 aliphatic rings. The highest BCUT2D eigenvalue weighted by atomic mass is 32.1. The van der Waals surface area contributed by atoms with Crippen LogP contribution in [0.15, 0.2) is 53.2 Å². The van der Waals surface area contributed by atoms with Crippen molar-refractivity contribution < 1.29 is 19.1 Å². The van der Waals surface area contributed by atoms with Gasteiger partial charge in [-0.05, 0) is 46.7 Å². The number of urea groups is 1. The standard InChI is InChI=1S/C29H34N4O4S/c30-26-20-38-19-24(26)17-27(34)22-4-2-21(3-5-22)18-33(10-1-9-32-11-14-36-15-12-32)29(35)31-25-6-7-28-23(16-25)8-13-37-28/h2-7,16,19-20H,1,8-15,17-18,30H2,(H,31,35). The van der Waals surface area contributed by atoms with Crippen molar-refractivity contribution in [3.63, 3.8) is 0 Å². The van der Waals surface area contributed by atoms with Gasteiger partial charge in [0, 0.05) is 67.9 Å². The Morgan fingerprint density at radius 1 is 1.05 bits per heavy atom. The summed E-state index contributed by atoms with van der Waals surface area (Å²) in [6, 6.07) is 13.2. The zero-order valence-electron chi connectivity index (χ0n) is 21.5. The van der Waals surface area contributed by atoms with Gasteiger partial charge < -0.3 is 25.4 Å². The largest absolute Gasteiger partial charge is 0.493 e. The quantitative estimate of drug-likeness (QED) is 0.373. The molecule has 2 amide bonds. The lowest BCUT2D eigenvalue weighted by atomic mass is 10.0. The maximum atomic E-state index is 13.4. The number of morpholine rings is 1. The van der Waals surface area contributed by atoms with Gasteiger partial charge in [-0.25, -0.2) is 4.79 Å². The number of carbonyl (C=O) groups excluding carboxylic acids is 2. The number of nitrogen functional groups attached to an aromatic ring is 1. The predicted octanol–water partition coefficient (Wildman–Crippen LogP) is 4.45. The van der Waals surface area contributed by atoms with E-state index < -0.39 is 0 Å². The Balaban J connectivity index is 1.23. The first-order valence-corrected chi connectivity index (χ1v) is 14.0. The molecule has 0 bridgehead atoms. The Hall–Kier alpha value is -3.40. The number of Topliss-reactive ketones (excluding diaryl/α,β-unsaturated/α-hetero) is 1. The van der Waals surface area contributed by atoms with Gasteiger partial charge in [0.15, 0.2) is 5.78 Å². The van der Waals surface area contributed by atoms with Crippen LogP contribution in [0.25, 0.3) is 0 Å². The summed E-state index contributed by atoms with van der Waals surface area (Å²) >= 11 is 1.50. The van der Waals surface area contributed by atoms with Crippen LogP contribution in [0.5, 0.6) is 5.75 Å². The first kappa shape index (κ1) is 26.2. The summed E-state index contributed by atoms with van der Waals surface area (Å²) < 4.78 is 11.0. The lowest BCUT2D eigenvalue weighted by molar-refractivity contribution is 0.0365. The molecule has 5 rings (SSSR count). The summed E-state index contributed by atoms with van der Waals surface area (Å²) in [5.41, 5.74) is 11.0. The van der Waals surface area contributed by atoms with Crippen molar-refractivity contribution in [1.82, 2.24) is 9.80 Å². The molecule has 1 saturated heterocycles. The number of hydrogen-bond donors (Lipinski definition) is 2. The van der Waals surface area contributed by atoms with Crippen molar-refractivity contribution in [1.29, 1.82) is 0 Å². The van der Waals surface area contributed by atoms with Crippen molar-refractivity contribution in [3.05, 3.63) is 75.5 Å². The van der Waals surface area contributed by atoms with Gasteiger partial charge in [0.05, 0.1) is 19.8 Å². The molecular weight excluding hydrogens is 500 g/mol. The van der Waals surface area contributed by atoms with E-state index in [2.05, 4.69) is 10.2 Å². The van der Waals surface area contributed by atoms with Gasteiger partial charge in [-0.3, -0.25) is 9.69 Å². The number of hydrogen-bond acceptors (Lipinski definition) is 7. The van der Waals surface area contributed by atoms with Crippen LogP contribution < -0.4 is 15.8 Å². The molecule has 9 heteroatoms. The molecule has 0 spiro atoms. The summed E-state index contributed by atoms with van der Waals surface area (Å²) in [5, 5.41) is 6.84. The lowest BCUT2D eigenvalue weighted by Crippen LogP contribution is -2.40. The van der Waals surface area contributed by atoms with Gasteiger partial charge in [0.1, 0.15) is 5.75 Å². The number of amides is 2. The van der Waals surface area contributed by atoms with Gasteiger partial charge in [-0.1, -0.05) is 24.3 Å². The fourth-order valence-corrected chi connectivity index (χ4v) is 5.55. The van der Waals surface area contributed by atoms with Crippen LogP contribution in [0, 0.1) is 0 Å². The van der Waals surface area contributed by atoms with Crippen LogP contribution >= 0.6 is 11.3 Å². The SMILES string of the molecule is Nc1cscc1CC(=O)c1ccc(CN(CCCN2CCOCC2)C(=O)Nc2ccc3c(c2)CCO3)cc1. The third kappa shape index (κ3) is 6.72. The number of nitrogens with one attached hydrogen (secondary N) is 1. The molecule has 0 aliphatic carbocycles. The highest BCUT2D eigenvalue weighted by Crippen LogP contribution is 2.28. The summed E-state index contributed by atoms with van der Waals surface area (Å²) in [6.07, 6.45) is 2.01. The van der Waals surface area contributed by atoms with E-state index in [1.807, 2.05) is 58.1 Å². The van der Waals surface area contributed by atoms with Crippen molar-refractivity contribution >= 4 is 34.5 Å². The third-order valence-corrected chi connectivity index (χ3v) is 7.82. The van der Waals surface area contributed by atoms with E-state index in [-0.39, 0.29) is 18.2 Å². The van der Waals surface area contributed by atoms with E-state index in [0.717, 1.165) is 73.8 Å². The van der Waals surface area contributed by atoms with Gasteiger partial charge >= 0.3 is 6.03 Å². The molecule has 3 aromatic rings. The summed E-state index contributed by atoms with van der Waals surface area (Å²) in [4.78, 5) is 30.3. The number of ether oxygens (including phenoxy) is 2. The highest BCUT2D eigenvalue weighted by molar-refractivity contribution is 7.08. The number of benzene rings is 2. The third-order valence-electron chi connectivity index (χ3n) is 7.01. The maximum Gasteiger partial charge on any atom is 0.322 e. The zero-order valence-corrected chi connectivity index (χ0v) is 22.3. The summed E-state index contributed by atoms with van der Waals surface area (Å²) in [5.74, 6) is 0.920. The molecule has 0 saturated carbocycles. The Morgan fingerprint density at radius 2 is 1.87 bits per heavy atom. The van der Waals surface area contributed by atoms with E-state index in [9.17, 15) is 9.59 Å². The monoisotopic (exact) mass is 534 g/mol. The molecule has 0 radical (unpaired) electrons. The second kappa shape index (κ2) is 12.4. The van der Waals surface area contributed by atoms with Crippen molar-refractivity contribution in [3.8, 4) is 5.75 Å². The highest BCUT2D eigenvalue weighted by Gasteiger charge is 2.19. The van der Waals surface area contributed by atoms with E-state index in [0.29, 0.717) is 30.9 Å². The molecule has 2 aliphatic heterocycles. The van der Waals surface area contributed by atoms with E-state index >= 15 is 0 Å². The summed E-state index contributed by atoms with van der Waals surface area (Å²) in [7, 11) is 0. The smallest absolute Gasteiger partial charge is 0.322 e. The maximum absolute atomic E-state index is 13.4. The number of carbonyl (C=O) groups is 2. The van der Waals surface area contributed by atoms with Gasteiger partial charge in [0.2, 0.25) is 0 Å². The Bertz CT molecular complexity index is 1250. The van der Waals surface area contributed by atoms with Gasteiger partial charge in [0.25, 0.3) is 0 Å². The molecule has 8 nitrogen and oxygen atoms in total. The number of nitrogens with two attached hydrogens (primary N) is 1. The van der Waals surface area contributed by atoms with Crippen LogP contribution in [0.3, 0.4) is 0 Å². The van der Waals surface area contributed by atoms with Crippen LogP contribution in [0.4, 0.5) is 16.2 Å². The zero-order chi connectivity index (χ0) is 26.3. The Morgan fingerprint density at radius 3 is 2.63 bits per heavy atom. The molecule has 1 fully saturated rings. The number of ketones is 1. The predicted molar refractivity (Wildman–Crippen MR) is 150 cm³/mol. The molecular formula is C29H34N4O4S. The van der Waals surface area contributed by atoms with Gasteiger partial charge in [-0.2, -0.15) is 0 Å². The van der Waals surface area contributed by atoms with Crippen LogP contribution in [0.2, 0.25) is 0 Å². The van der Waals surface area contributed by atoms with Crippen LogP contribution in [-0.2, 0) is 24.1 Å². The summed E-state index contributed by atoms with van der Waals surface area (Å²) in [6.45, 7) is 6.05. The molecule has 200 valence electrons. The Kier molecular flexibility index (Phi) is 8.58. The molecule has 3 heterocycles. The average molecular weight is 535 g/mol. The van der Waals surface area contributed by atoms with E-state index in [1.54, 1.807) is 0 Å². The number of anilines is 2. The molecule has 2 aromatic carbocycles. The van der Waals surface area contributed by atoms with Crippen molar-refractivity contribution in [2.24, 2.45) is 0 Å². The topological polar surface area (TPSA) is 97.1 Å².